The molecule has 4 amide bonds. The number of anilines is 2. The molecule has 0 aliphatic carbocycles. The highest BCUT2D eigenvalue weighted by molar-refractivity contribution is 6.19. The molecule has 0 unspecified atom stereocenters. The van der Waals surface area contributed by atoms with E-state index in [0.717, 1.165) is 6.20 Å². The van der Waals surface area contributed by atoms with Crippen molar-refractivity contribution in [1.82, 2.24) is 20.6 Å². The number of carbonyl (C=O) groups excluding carboxylic acids is 3. The first kappa shape index (κ1) is 17.3. The van der Waals surface area contributed by atoms with Gasteiger partial charge in [-0.15, -0.1) is 0 Å². The van der Waals surface area contributed by atoms with E-state index in [0.29, 0.717) is 11.9 Å². The summed E-state index contributed by atoms with van der Waals surface area (Å²) in [4.78, 5) is 41.7. The second kappa shape index (κ2) is 6.43. The minimum absolute atomic E-state index is 0.0443. The Labute approximate surface area is 143 Å². The first-order valence-corrected chi connectivity index (χ1v) is 7.16. The predicted octanol–water partition coefficient (Wildman–Crippen LogP) is 1.69. The van der Waals surface area contributed by atoms with Gasteiger partial charge in [0.1, 0.15) is 11.7 Å². The minimum Gasteiger partial charge on any atom is -0.339 e. The molecule has 11 heteroatoms. The lowest BCUT2D eigenvalue weighted by molar-refractivity contribution is -0.141. The number of hydrogen-bond acceptors (Lipinski definition) is 6. The number of hydrogen-bond donors (Lipinski definition) is 3. The Balaban J connectivity index is 1.80. The summed E-state index contributed by atoms with van der Waals surface area (Å²) in [7, 11) is 0. The largest absolute Gasteiger partial charge is 0.434 e. The molecule has 0 saturated carbocycles. The van der Waals surface area contributed by atoms with Gasteiger partial charge in [0, 0.05) is 5.69 Å². The number of alkyl halides is 3. The number of urea groups is 1. The number of halogens is 3. The third-order valence-corrected chi connectivity index (χ3v) is 3.43. The third-order valence-electron chi connectivity index (χ3n) is 3.43. The number of aromatic nitrogens is 2. The second-order valence-corrected chi connectivity index (χ2v) is 5.28. The van der Waals surface area contributed by atoms with Crippen LogP contribution in [-0.4, -0.2) is 27.8 Å². The molecule has 2 heterocycles. The van der Waals surface area contributed by atoms with Crippen molar-refractivity contribution in [3.63, 3.8) is 0 Å². The van der Waals surface area contributed by atoms with Gasteiger partial charge >= 0.3 is 12.2 Å². The molecular formula is C15H10F3N5O3. The summed E-state index contributed by atoms with van der Waals surface area (Å²) in [6.07, 6.45) is -3.10. The molecule has 1 aliphatic heterocycles. The Kier molecular flexibility index (Phi) is 4.28. The van der Waals surface area contributed by atoms with Gasteiger partial charge in [0.05, 0.1) is 12.4 Å². The lowest BCUT2D eigenvalue weighted by Gasteiger charge is -2.21. The molecule has 0 spiro atoms. The van der Waals surface area contributed by atoms with E-state index < -0.39 is 35.6 Å². The zero-order valence-electron chi connectivity index (χ0n) is 12.8. The van der Waals surface area contributed by atoms with Crippen molar-refractivity contribution < 1.29 is 27.6 Å². The van der Waals surface area contributed by atoms with E-state index in [4.69, 9.17) is 0 Å². The van der Waals surface area contributed by atoms with E-state index in [1.54, 1.807) is 6.07 Å². The number of nitrogens with zero attached hydrogens (tertiary/aromatic N) is 2. The maximum Gasteiger partial charge on any atom is 0.434 e. The van der Waals surface area contributed by atoms with Crippen LogP contribution in [0.4, 0.5) is 29.5 Å². The number of amides is 4. The van der Waals surface area contributed by atoms with Crippen LogP contribution in [0.15, 0.2) is 36.7 Å². The summed E-state index contributed by atoms with van der Waals surface area (Å²) in [5.74, 6) is -2.73. The first-order chi connectivity index (χ1) is 12.2. The number of carbonyl (C=O) groups is 3. The fourth-order valence-electron chi connectivity index (χ4n) is 2.30. The molecule has 1 aromatic heterocycles. The molecular weight excluding hydrogens is 355 g/mol. The summed E-state index contributed by atoms with van der Waals surface area (Å²) < 4.78 is 37.5. The van der Waals surface area contributed by atoms with E-state index in [-0.39, 0.29) is 11.4 Å². The topological polar surface area (TPSA) is 113 Å². The van der Waals surface area contributed by atoms with Crippen LogP contribution in [0.1, 0.15) is 17.2 Å². The summed E-state index contributed by atoms with van der Waals surface area (Å²) in [6.45, 7) is 0. The fraction of sp³-hybridized carbons (Fsp3) is 0.133. The molecule has 0 bridgehead atoms. The van der Waals surface area contributed by atoms with Gasteiger partial charge in [-0.05, 0) is 17.7 Å². The summed E-state index contributed by atoms with van der Waals surface area (Å²) in [6, 6.07) is 5.15. The molecule has 3 rings (SSSR count). The van der Waals surface area contributed by atoms with E-state index in [1.165, 1.54) is 18.2 Å². The number of barbiturate groups is 1. The smallest absolute Gasteiger partial charge is 0.339 e. The zero-order chi connectivity index (χ0) is 18.9. The molecule has 8 nitrogen and oxygen atoms in total. The Hall–Kier alpha value is -3.50. The number of rotatable bonds is 3. The van der Waals surface area contributed by atoms with Crippen molar-refractivity contribution in [3.8, 4) is 0 Å². The quantitative estimate of drug-likeness (QED) is 0.714. The van der Waals surface area contributed by atoms with Crippen LogP contribution < -0.4 is 16.0 Å². The van der Waals surface area contributed by atoms with Gasteiger partial charge in [-0.2, -0.15) is 13.2 Å². The maximum atomic E-state index is 12.5. The minimum atomic E-state index is -4.59. The average molecular weight is 365 g/mol. The lowest BCUT2D eigenvalue weighted by atomic mass is 9.95. The van der Waals surface area contributed by atoms with Crippen LogP contribution in [0.2, 0.25) is 0 Å². The molecule has 2 aromatic rings. The molecule has 1 aromatic carbocycles. The fourth-order valence-corrected chi connectivity index (χ4v) is 2.30. The summed E-state index contributed by atoms with van der Waals surface area (Å²) >= 11 is 0. The second-order valence-electron chi connectivity index (χ2n) is 5.28. The van der Waals surface area contributed by atoms with Crippen molar-refractivity contribution in [2.45, 2.75) is 12.1 Å². The van der Waals surface area contributed by atoms with Crippen LogP contribution in [0.3, 0.4) is 0 Å². The standard InChI is InChI=1S/C15H10F3N5O3/c16-15(17,18)9-5-20-10(6-19-9)21-8-3-1-2-7(4-8)11-12(24)22-14(26)23-13(11)25/h1-6,11H,(H,20,21)(H2,22,23,24,25,26). The molecule has 1 fully saturated rings. The number of benzene rings is 1. The van der Waals surface area contributed by atoms with Crippen LogP contribution in [0.5, 0.6) is 0 Å². The van der Waals surface area contributed by atoms with E-state index in [1.807, 2.05) is 10.6 Å². The lowest BCUT2D eigenvalue weighted by Crippen LogP contribution is -2.54. The Morgan fingerprint density at radius 2 is 1.69 bits per heavy atom. The Morgan fingerprint density at radius 3 is 2.27 bits per heavy atom. The van der Waals surface area contributed by atoms with Crippen molar-refractivity contribution in [1.29, 1.82) is 0 Å². The summed E-state index contributed by atoms with van der Waals surface area (Å²) in [5, 5.41) is 6.71. The Bertz CT molecular complexity index is 863. The van der Waals surface area contributed by atoms with Gasteiger partial charge in [0.15, 0.2) is 5.69 Å². The van der Waals surface area contributed by atoms with Crippen molar-refractivity contribution in [2.75, 3.05) is 5.32 Å². The highest BCUT2D eigenvalue weighted by Gasteiger charge is 2.35. The molecule has 134 valence electrons. The third kappa shape index (κ3) is 3.61. The molecule has 3 N–H and O–H groups in total. The van der Waals surface area contributed by atoms with Crippen LogP contribution in [0, 0.1) is 0 Å². The van der Waals surface area contributed by atoms with Crippen molar-refractivity contribution in [3.05, 3.63) is 47.9 Å². The van der Waals surface area contributed by atoms with Crippen LogP contribution in [-0.2, 0) is 15.8 Å². The molecule has 0 radical (unpaired) electrons. The SMILES string of the molecule is O=C1NC(=O)C(c2cccc(Nc3cnc(C(F)(F)F)cn3)c2)C(=O)N1. The molecule has 1 saturated heterocycles. The van der Waals surface area contributed by atoms with Gasteiger partial charge < -0.3 is 5.32 Å². The van der Waals surface area contributed by atoms with Gasteiger partial charge in [-0.1, -0.05) is 12.1 Å². The van der Waals surface area contributed by atoms with Crippen molar-refractivity contribution >= 4 is 29.4 Å². The zero-order valence-corrected chi connectivity index (χ0v) is 12.8. The highest BCUT2D eigenvalue weighted by Crippen LogP contribution is 2.28. The van der Waals surface area contributed by atoms with Gasteiger partial charge in [-0.3, -0.25) is 20.2 Å². The average Bonchev–Trinajstić information content (AvgIpc) is 2.54. The van der Waals surface area contributed by atoms with Crippen LogP contribution in [0.25, 0.3) is 0 Å². The van der Waals surface area contributed by atoms with Crippen molar-refractivity contribution in [2.24, 2.45) is 0 Å². The van der Waals surface area contributed by atoms with Gasteiger partial charge in [0.2, 0.25) is 11.8 Å². The van der Waals surface area contributed by atoms with Gasteiger partial charge in [-0.25, -0.2) is 14.8 Å². The molecule has 0 atom stereocenters. The highest BCUT2D eigenvalue weighted by atomic mass is 19.4. The monoisotopic (exact) mass is 365 g/mol. The van der Waals surface area contributed by atoms with Crippen LogP contribution >= 0.6 is 0 Å². The molecule has 26 heavy (non-hydrogen) atoms. The first-order valence-electron chi connectivity index (χ1n) is 7.16. The predicted molar refractivity (Wildman–Crippen MR) is 81.2 cm³/mol. The summed E-state index contributed by atoms with van der Waals surface area (Å²) in [5.41, 5.74) is -0.469. The number of nitrogens with one attached hydrogen (secondary N) is 3. The molecule has 1 aliphatic rings. The van der Waals surface area contributed by atoms with Gasteiger partial charge in [0.25, 0.3) is 0 Å². The Morgan fingerprint density at radius 1 is 1.00 bits per heavy atom. The van der Waals surface area contributed by atoms with E-state index in [9.17, 15) is 27.6 Å². The number of imide groups is 2. The normalized spacial score (nSPS) is 15.4. The van der Waals surface area contributed by atoms with E-state index >= 15 is 0 Å². The maximum absolute atomic E-state index is 12.5. The van der Waals surface area contributed by atoms with E-state index in [2.05, 4.69) is 15.3 Å².